The van der Waals surface area contributed by atoms with E-state index in [9.17, 15) is 14.0 Å². The van der Waals surface area contributed by atoms with Crippen molar-refractivity contribution in [2.45, 2.75) is 13.2 Å². The molecule has 2 aromatic heterocycles. The molecule has 0 aliphatic carbocycles. The third kappa shape index (κ3) is 6.17. The number of amides is 2. The Bertz CT molecular complexity index is 1230. The Labute approximate surface area is 192 Å². The number of ether oxygens (including phenoxy) is 1. The highest BCUT2D eigenvalue weighted by molar-refractivity contribution is 7.13. The molecule has 2 amide bonds. The molecule has 0 saturated heterocycles. The summed E-state index contributed by atoms with van der Waals surface area (Å²) >= 11 is 1.09. The highest BCUT2D eigenvalue weighted by Crippen LogP contribution is 2.17. The van der Waals surface area contributed by atoms with Gasteiger partial charge in [-0.05, 0) is 60.2 Å². The van der Waals surface area contributed by atoms with Gasteiger partial charge in [0.25, 0.3) is 11.8 Å². The van der Waals surface area contributed by atoms with Crippen LogP contribution in [-0.2, 0) is 13.2 Å². The lowest BCUT2D eigenvalue weighted by Crippen LogP contribution is -2.22. The molecule has 33 heavy (non-hydrogen) atoms. The fourth-order valence-electron chi connectivity index (χ4n) is 2.76. The highest BCUT2D eigenvalue weighted by atomic mass is 32.1. The monoisotopic (exact) mass is 463 g/mol. The Morgan fingerprint density at radius 2 is 1.76 bits per heavy atom. The maximum atomic E-state index is 12.9. The number of anilines is 1. The average Bonchev–Trinajstić information content (AvgIpc) is 3.33. The largest absolute Gasteiger partial charge is 0.486 e. The van der Waals surface area contributed by atoms with E-state index < -0.39 is 5.91 Å². The molecule has 0 aliphatic heterocycles. The number of nitrogens with one attached hydrogen (secondary N) is 2. The lowest BCUT2D eigenvalue weighted by atomic mass is 10.2. The number of rotatable bonds is 8. The summed E-state index contributed by atoms with van der Waals surface area (Å²) in [7, 11) is 0. The maximum Gasteiger partial charge on any atom is 0.286 e. The van der Waals surface area contributed by atoms with Gasteiger partial charge in [0.1, 0.15) is 18.2 Å². The van der Waals surface area contributed by atoms with Gasteiger partial charge in [-0.15, -0.1) is 10.2 Å². The molecule has 166 valence electrons. The summed E-state index contributed by atoms with van der Waals surface area (Å²) in [6.07, 6.45) is 3.36. The first-order chi connectivity index (χ1) is 16.1. The Kier molecular flexibility index (Phi) is 6.96. The van der Waals surface area contributed by atoms with Gasteiger partial charge in [-0.1, -0.05) is 17.4 Å². The third-order valence-electron chi connectivity index (χ3n) is 4.42. The topological polar surface area (TPSA) is 106 Å². The van der Waals surface area contributed by atoms with Gasteiger partial charge in [-0.25, -0.2) is 4.39 Å². The van der Waals surface area contributed by atoms with Crippen molar-refractivity contribution >= 4 is 28.8 Å². The predicted molar refractivity (Wildman–Crippen MR) is 120 cm³/mol. The molecule has 0 aliphatic rings. The molecule has 0 atom stereocenters. The van der Waals surface area contributed by atoms with Crippen LogP contribution >= 0.6 is 11.3 Å². The fourth-order valence-corrected chi connectivity index (χ4v) is 3.40. The summed E-state index contributed by atoms with van der Waals surface area (Å²) in [5.74, 6) is -0.515. The summed E-state index contributed by atoms with van der Waals surface area (Å²) in [6, 6.07) is 15.8. The van der Waals surface area contributed by atoms with E-state index in [-0.39, 0.29) is 23.3 Å². The van der Waals surface area contributed by atoms with E-state index in [1.807, 2.05) is 6.07 Å². The lowest BCUT2D eigenvalue weighted by molar-refractivity contribution is 0.0950. The van der Waals surface area contributed by atoms with Crippen LogP contribution in [0, 0.1) is 5.82 Å². The Morgan fingerprint density at radius 1 is 0.970 bits per heavy atom. The quantitative estimate of drug-likeness (QED) is 0.411. The minimum atomic E-state index is -0.422. The molecule has 0 radical (unpaired) electrons. The summed E-state index contributed by atoms with van der Waals surface area (Å²) in [5.41, 5.74) is 1.88. The van der Waals surface area contributed by atoms with Gasteiger partial charge < -0.3 is 15.4 Å². The normalized spacial score (nSPS) is 10.5. The molecule has 0 fully saturated rings. The SMILES string of the molecule is O=C(NCc1cccnc1)c1ccc(NC(=O)c2nnc(COc3ccc(F)cc3)s2)cc1. The van der Waals surface area contributed by atoms with Crippen molar-refractivity contribution in [3.05, 3.63) is 100 Å². The molecule has 4 rings (SSSR count). The van der Waals surface area contributed by atoms with Crippen LogP contribution in [0.1, 0.15) is 30.7 Å². The van der Waals surface area contributed by atoms with Gasteiger partial charge in [0.2, 0.25) is 5.01 Å². The molecule has 8 nitrogen and oxygen atoms in total. The summed E-state index contributed by atoms with van der Waals surface area (Å²) in [5, 5.41) is 14.0. The number of nitrogens with zero attached hydrogens (tertiary/aromatic N) is 3. The maximum absolute atomic E-state index is 12.9. The van der Waals surface area contributed by atoms with Crippen LogP contribution in [0.15, 0.2) is 73.1 Å². The van der Waals surface area contributed by atoms with Crippen molar-refractivity contribution in [1.82, 2.24) is 20.5 Å². The van der Waals surface area contributed by atoms with Gasteiger partial charge in [-0.3, -0.25) is 14.6 Å². The second-order valence-electron chi connectivity index (χ2n) is 6.82. The summed E-state index contributed by atoms with van der Waals surface area (Å²) in [6.45, 7) is 0.481. The van der Waals surface area contributed by atoms with Crippen molar-refractivity contribution in [3.63, 3.8) is 0 Å². The first-order valence-corrected chi connectivity index (χ1v) is 10.7. The summed E-state index contributed by atoms with van der Waals surface area (Å²) in [4.78, 5) is 28.7. The number of pyridine rings is 1. The number of aromatic nitrogens is 3. The standard InChI is InChI=1S/C23H18FN5O3S/c24-17-5-9-19(10-6-17)32-14-20-28-29-23(33-20)22(31)27-18-7-3-16(4-8-18)21(30)26-13-15-2-1-11-25-12-15/h1-12H,13-14H2,(H,26,30)(H,27,31). The predicted octanol–water partition coefficient (Wildman–Crippen LogP) is 3.83. The van der Waals surface area contributed by atoms with E-state index in [4.69, 9.17) is 4.74 Å². The van der Waals surface area contributed by atoms with E-state index in [1.165, 1.54) is 24.3 Å². The smallest absolute Gasteiger partial charge is 0.286 e. The zero-order chi connectivity index (χ0) is 23.0. The number of carbonyl (C=O) groups excluding carboxylic acids is 2. The van der Waals surface area contributed by atoms with Crippen LogP contribution in [0.2, 0.25) is 0 Å². The van der Waals surface area contributed by atoms with Gasteiger partial charge in [-0.2, -0.15) is 0 Å². The van der Waals surface area contributed by atoms with Gasteiger partial charge in [0.15, 0.2) is 5.01 Å². The Hall–Kier alpha value is -4.18. The molecular weight excluding hydrogens is 445 g/mol. The number of hydrogen-bond donors (Lipinski definition) is 2. The fraction of sp³-hybridized carbons (Fsp3) is 0.0870. The van der Waals surface area contributed by atoms with Crippen LogP contribution in [0.5, 0.6) is 5.75 Å². The second-order valence-corrected chi connectivity index (χ2v) is 7.88. The number of carbonyl (C=O) groups is 2. The van der Waals surface area contributed by atoms with Gasteiger partial charge in [0.05, 0.1) is 0 Å². The number of hydrogen-bond acceptors (Lipinski definition) is 7. The van der Waals surface area contributed by atoms with Crippen LogP contribution < -0.4 is 15.4 Å². The van der Waals surface area contributed by atoms with E-state index in [0.717, 1.165) is 16.9 Å². The minimum absolute atomic E-state index is 0.111. The summed E-state index contributed by atoms with van der Waals surface area (Å²) < 4.78 is 18.4. The van der Waals surface area contributed by atoms with E-state index in [0.29, 0.717) is 28.6 Å². The average molecular weight is 463 g/mol. The third-order valence-corrected chi connectivity index (χ3v) is 5.31. The Morgan fingerprint density at radius 3 is 2.48 bits per heavy atom. The molecule has 10 heteroatoms. The van der Waals surface area contributed by atoms with Crippen LogP contribution in [0.25, 0.3) is 0 Å². The molecular formula is C23H18FN5O3S. The molecule has 2 heterocycles. The highest BCUT2D eigenvalue weighted by Gasteiger charge is 2.14. The molecule has 4 aromatic rings. The second kappa shape index (κ2) is 10.4. The first kappa shape index (κ1) is 22.0. The molecule has 0 bridgehead atoms. The lowest BCUT2D eigenvalue weighted by Gasteiger charge is -2.07. The van der Waals surface area contributed by atoms with Crippen molar-refractivity contribution in [2.75, 3.05) is 5.32 Å². The molecule has 0 saturated carbocycles. The van der Waals surface area contributed by atoms with Crippen LogP contribution in [-0.4, -0.2) is 27.0 Å². The van der Waals surface area contributed by atoms with Crippen molar-refractivity contribution in [3.8, 4) is 5.75 Å². The first-order valence-electron chi connectivity index (χ1n) is 9.86. The zero-order valence-corrected chi connectivity index (χ0v) is 18.0. The van der Waals surface area contributed by atoms with Crippen molar-refractivity contribution in [2.24, 2.45) is 0 Å². The van der Waals surface area contributed by atoms with Crippen molar-refractivity contribution in [1.29, 1.82) is 0 Å². The van der Waals surface area contributed by atoms with E-state index in [2.05, 4.69) is 25.8 Å². The van der Waals surface area contributed by atoms with Crippen molar-refractivity contribution < 1.29 is 18.7 Å². The molecule has 0 unspecified atom stereocenters. The number of benzene rings is 2. The van der Waals surface area contributed by atoms with Crippen LogP contribution in [0.4, 0.5) is 10.1 Å². The molecule has 0 spiro atoms. The minimum Gasteiger partial charge on any atom is -0.486 e. The molecule has 2 N–H and O–H groups in total. The van der Waals surface area contributed by atoms with Gasteiger partial charge >= 0.3 is 0 Å². The Balaban J connectivity index is 1.28. The van der Waals surface area contributed by atoms with E-state index >= 15 is 0 Å². The van der Waals surface area contributed by atoms with Crippen LogP contribution in [0.3, 0.4) is 0 Å². The molecule has 2 aromatic carbocycles. The van der Waals surface area contributed by atoms with E-state index in [1.54, 1.807) is 42.7 Å². The zero-order valence-electron chi connectivity index (χ0n) is 17.2. The number of halogens is 1. The van der Waals surface area contributed by atoms with Gasteiger partial charge in [0, 0.05) is 30.2 Å².